The van der Waals surface area contributed by atoms with Crippen LogP contribution in [0.1, 0.15) is 19.1 Å². The third kappa shape index (κ3) is 5.19. The molecule has 2 N–H and O–H groups in total. The predicted molar refractivity (Wildman–Crippen MR) is 103 cm³/mol. The van der Waals surface area contributed by atoms with Gasteiger partial charge in [0.15, 0.2) is 11.0 Å². The quantitative estimate of drug-likeness (QED) is 0.558. The van der Waals surface area contributed by atoms with Crippen molar-refractivity contribution in [3.05, 3.63) is 48.7 Å². The van der Waals surface area contributed by atoms with Gasteiger partial charge in [-0.05, 0) is 30.7 Å². The van der Waals surface area contributed by atoms with Crippen LogP contribution in [0, 0.1) is 0 Å². The standard InChI is InChI=1S/C18H20N6O3S/c1-2-9-24-16(13-5-7-19-8-6-13)22-23-18(24)28-12-15(25)21-17(26)20-11-14-4-3-10-27-14/h3-8,10H,2,9,11-12H2,1H3,(H2,20,21,25,26). The zero-order valence-corrected chi connectivity index (χ0v) is 16.1. The monoisotopic (exact) mass is 400 g/mol. The molecule has 0 fully saturated rings. The number of furan rings is 1. The van der Waals surface area contributed by atoms with Crippen LogP contribution >= 0.6 is 11.8 Å². The SMILES string of the molecule is CCCn1c(SCC(=O)NC(=O)NCc2ccco2)nnc1-c1ccncc1. The van der Waals surface area contributed by atoms with Crippen LogP contribution in [0.2, 0.25) is 0 Å². The summed E-state index contributed by atoms with van der Waals surface area (Å²) in [5.74, 6) is 0.960. The Kier molecular flexibility index (Phi) is 6.79. The van der Waals surface area contributed by atoms with Gasteiger partial charge in [0.2, 0.25) is 5.91 Å². The average molecular weight is 400 g/mol. The molecule has 3 amide bonds. The Balaban J connectivity index is 1.55. The lowest BCUT2D eigenvalue weighted by molar-refractivity contribution is -0.117. The topological polar surface area (TPSA) is 115 Å². The molecule has 0 saturated heterocycles. The maximum Gasteiger partial charge on any atom is 0.321 e. The largest absolute Gasteiger partial charge is 0.467 e. The van der Waals surface area contributed by atoms with Crippen molar-refractivity contribution in [2.45, 2.75) is 31.6 Å². The summed E-state index contributed by atoms with van der Waals surface area (Å²) in [6, 6.07) is 6.61. The minimum absolute atomic E-state index is 0.0480. The van der Waals surface area contributed by atoms with Gasteiger partial charge in [0.05, 0.1) is 18.6 Å². The Hall–Kier alpha value is -3.14. The Morgan fingerprint density at radius 3 is 2.75 bits per heavy atom. The van der Waals surface area contributed by atoms with Crippen molar-refractivity contribution in [2.24, 2.45) is 0 Å². The molecule has 3 rings (SSSR count). The lowest BCUT2D eigenvalue weighted by Gasteiger charge is -2.09. The third-order valence-corrected chi connectivity index (χ3v) is 4.66. The van der Waals surface area contributed by atoms with Crippen LogP contribution in [0.5, 0.6) is 0 Å². The van der Waals surface area contributed by atoms with E-state index in [-0.39, 0.29) is 12.3 Å². The minimum atomic E-state index is -0.575. The van der Waals surface area contributed by atoms with Gasteiger partial charge in [-0.2, -0.15) is 0 Å². The molecule has 0 radical (unpaired) electrons. The first-order valence-electron chi connectivity index (χ1n) is 8.74. The normalized spacial score (nSPS) is 10.6. The van der Waals surface area contributed by atoms with E-state index in [4.69, 9.17) is 4.42 Å². The smallest absolute Gasteiger partial charge is 0.321 e. The summed E-state index contributed by atoms with van der Waals surface area (Å²) in [5.41, 5.74) is 0.907. The summed E-state index contributed by atoms with van der Waals surface area (Å²) >= 11 is 1.23. The molecule has 0 spiro atoms. The Bertz CT molecular complexity index is 911. The molecule has 0 aliphatic carbocycles. The first-order valence-corrected chi connectivity index (χ1v) is 9.72. The maximum absolute atomic E-state index is 12.1. The fourth-order valence-corrected chi connectivity index (χ4v) is 3.22. The molecular weight excluding hydrogens is 380 g/mol. The number of hydrogen-bond donors (Lipinski definition) is 2. The molecule has 0 bridgehead atoms. The highest BCUT2D eigenvalue weighted by Gasteiger charge is 2.16. The second-order valence-corrected chi connectivity index (χ2v) is 6.74. The number of carbonyl (C=O) groups is 2. The number of thioether (sulfide) groups is 1. The predicted octanol–water partition coefficient (Wildman–Crippen LogP) is 2.46. The summed E-state index contributed by atoms with van der Waals surface area (Å²) in [7, 11) is 0. The number of nitrogens with zero attached hydrogens (tertiary/aromatic N) is 4. The molecule has 28 heavy (non-hydrogen) atoms. The van der Waals surface area contributed by atoms with Crippen molar-refractivity contribution in [3.8, 4) is 11.4 Å². The molecule has 0 aliphatic rings. The number of carbonyl (C=O) groups excluding carboxylic acids is 2. The zero-order valence-electron chi connectivity index (χ0n) is 15.3. The van der Waals surface area contributed by atoms with Crippen LogP contribution in [0.15, 0.2) is 52.5 Å². The minimum Gasteiger partial charge on any atom is -0.467 e. The van der Waals surface area contributed by atoms with E-state index in [0.29, 0.717) is 10.9 Å². The number of nitrogens with one attached hydrogen (secondary N) is 2. The van der Waals surface area contributed by atoms with Gasteiger partial charge in [0.25, 0.3) is 0 Å². The van der Waals surface area contributed by atoms with E-state index in [1.54, 1.807) is 24.5 Å². The van der Waals surface area contributed by atoms with Gasteiger partial charge in [-0.25, -0.2) is 4.79 Å². The summed E-state index contributed by atoms with van der Waals surface area (Å²) in [5, 5.41) is 13.9. The van der Waals surface area contributed by atoms with Crippen molar-refractivity contribution < 1.29 is 14.0 Å². The van der Waals surface area contributed by atoms with Gasteiger partial charge in [-0.3, -0.25) is 15.1 Å². The van der Waals surface area contributed by atoms with Crippen LogP contribution in [0.3, 0.4) is 0 Å². The lowest BCUT2D eigenvalue weighted by Crippen LogP contribution is -2.39. The van der Waals surface area contributed by atoms with Gasteiger partial charge in [0, 0.05) is 24.5 Å². The van der Waals surface area contributed by atoms with E-state index >= 15 is 0 Å². The highest BCUT2D eigenvalue weighted by molar-refractivity contribution is 7.99. The molecule has 10 heteroatoms. The van der Waals surface area contributed by atoms with Crippen molar-refractivity contribution in [2.75, 3.05) is 5.75 Å². The van der Waals surface area contributed by atoms with E-state index in [9.17, 15) is 9.59 Å². The van der Waals surface area contributed by atoms with Crippen LogP contribution in [0.4, 0.5) is 4.79 Å². The van der Waals surface area contributed by atoms with Crippen molar-refractivity contribution in [1.29, 1.82) is 0 Å². The third-order valence-electron chi connectivity index (χ3n) is 3.69. The molecule has 3 heterocycles. The number of urea groups is 1. The van der Waals surface area contributed by atoms with Gasteiger partial charge in [-0.15, -0.1) is 10.2 Å². The van der Waals surface area contributed by atoms with Crippen LogP contribution in [-0.2, 0) is 17.9 Å². The summed E-state index contributed by atoms with van der Waals surface area (Å²) in [4.78, 5) is 27.9. The number of rotatable bonds is 8. The summed E-state index contributed by atoms with van der Waals surface area (Å²) < 4.78 is 7.08. The van der Waals surface area contributed by atoms with E-state index < -0.39 is 11.9 Å². The number of aromatic nitrogens is 4. The molecule has 9 nitrogen and oxygen atoms in total. The molecule has 3 aromatic rings. The van der Waals surface area contributed by atoms with E-state index in [1.165, 1.54) is 18.0 Å². The van der Waals surface area contributed by atoms with Crippen molar-refractivity contribution in [3.63, 3.8) is 0 Å². The van der Waals surface area contributed by atoms with Crippen LogP contribution < -0.4 is 10.6 Å². The average Bonchev–Trinajstić information content (AvgIpc) is 3.36. The van der Waals surface area contributed by atoms with Gasteiger partial charge >= 0.3 is 6.03 Å². The molecule has 0 aromatic carbocycles. The Labute approximate surface area is 165 Å². The maximum atomic E-state index is 12.1. The summed E-state index contributed by atoms with van der Waals surface area (Å²) in [6.45, 7) is 2.98. The van der Waals surface area contributed by atoms with E-state index in [1.807, 2.05) is 16.7 Å². The van der Waals surface area contributed by atoms with Crippen molar-refractivity contribution in [1.82, 2.24) is 30.4 Å². The van der Waals surface area contributed by atoms with Crippen molar-refractivity contribution >= 4 is 23.7 Å². The lowest BCUT2D eigenvalue weighted by atomic mass is 10.2. The highest BCUT2D eigenvalue weighted by Crippen LogP contribution is 2.23. The number of amides is 3. The zero-order chi connectivity index (χ0) is 19.8. The number of pyridine rings is 1. The van der Waals surface area contributed by atoms with Gasteiger partial charge in [-0.1, -0.05) is 18.7 Å². The second-order valence-electron chi connectivity index (χ2n) is 5.79. The Morgan fingerprint density at radius 2 is 2.04 bits per heavy atom. The Morgan fingerprint density at radius 1 is 1.21 bits per heavy atom. The molecule has 0 unspecified atom stereocenters. The fraction of sp³-hybridized carbons (Fsp3) is 0.278. The second kappa shape index (κ2) is 9.70. The number of hydrogen-bond acceptors (Lipinski definition) is 7. The first-order chi connectivity index (χ1) is 13.7. The summed E-state index contributed by atoms with van der Waals surface area (Å²) in [6.07, 6.45) is 5.80. The molecule has 146 valence electrons. The van der Waals surface area contributed by atoms with E-state index in [0.717, 1.165) is 24.4 Å². The van der Waals surface area contributed by atoms with Crippen LogP contribution in [0.25, 0.3) is 11.4 Å². The molecule has 0 aliphatic heterocycles. The number of imide groups is 1. The van der Waals surface area contributed by atoms with Crippen LogP contribution in [-0.4, -0.2) is 37.4 Å². The van der Waals surface area contributed by atoms with E-state index in [2.05, 4.69) is 32.7 Å². The molecule has 0 atom stereocenters. The highest BCUT2D eigenvalue weighted by atomic mass is 32.2. The molecular formula is C18H20N6O3S. The first kappa shape index (κ1) is 19.6. The molecule has 0 saturated carbocycles. The molecule has 3 aromatic heterocycles. The fourth-order valence-electron chi connectivity index (χ4n) is 2.45. The van der Waals surface area contributed by atoms with Gasteiger partial charge < -0.3 is 14.3 Å². The van der Waals surface area contributed by atoms with Gasteiger partial charge in [0.1, 0.15) is 5.76 Å².